The molecule has 0 N–H and O–H groups in total. The largest absolute Gasteiger partial charge is 0.298 e. The zero-order valence-electron chi connectivity index (χ0n) is 11.7. The average molecular weight is 239 g/mol. The zero-order chi connectivity index (χ0) is 12.5. The van der Waals surface area contributed by atoms with Crippen LogP contribution in [0.1, 0.15) is 65.2 Å². The summed E-state index contributed by atoms with van der Waals surface area (Å²) in [6.07, 6.45) is 9.72. The third-order valence-corrected chi connectivity index (χ3v) is 3.85. The molecule has 0 aromatic rings. The lowest BCUT2D eigenvalue weighted by Gasteiger charge is -2.22. The summed E-state index contributed by atoms with van der Waals surface area (Å²) in [5, 5.41) is 0. The number of unbranched alkanes of at least 4 members (excludes halogenated alkanes) is 2. The van der Waals surface area contributed by atoms with Crippen molar-refractivity contribution < 1.29 is 4.79 Å². The molecule has 0 aromatic heterocycles. The van der Waals surface area contributed by atoms with Gasteiger partial charge in [-0.15, -0.1) is 0 Å². The van der Waals surface area contributed by atoms with Gasteiger partial charge in [0.25, 0.3) is 0 Å². The van der Waals surface area contributed by atoms with E-state index in [0.717, 1.165) is 25.9 Å². The Bertz CT molecular complexity index is 201. The lowest BCUT2D eigenvalue weighted by molar-refractivity contribution is -0.123. The highest BCUT2D eigenvalue weighted by molar-refractivity contribution is 5.83. The second-order valence-corrected chi connectivity index (χ2v) is 5.43. The van der Waals surface area contributed by atoms with E-state index in [4.69, 9.17) is 0 Å². The minimum absolute atomic E-state index is 0.390. The normalized spacial score (nSPS) is 16.9. The van der Waals surface area contributed by atoms with Crippen molar-refractivity contribution in [2.75, 3.05) is 19.6 Å². The lowest BCUT2D eigenvalue weighted by Crippen LogP contribution is -2.34. The third kappa shape index (κ3) is 5.67. The topological polar surface area (TPSA) is 20.3 Å². The Balaban J connectivity index is 2.31. The Kier molecular flexibility index (Phi) is 7.50. The molecule has 1 fully saturated rings. The van der Waals surface area contributed by atoms with Gasteiger partial charge in [-0.2, -0.15) is 0 Å². The maximum Gasteiger partial charge on any atom is 0.149 e. The average Bonchev–Trinajstić information content (AvgIpc) is 2.86. The molecular formula is C15H29NO. The molecule has 1 aliphatic rings. The third-order valence-electron chi connectivity index (χ3n) is 3.85. The van der Waals surface area contributed by atoms with E-state index in [9.17, 15) is 4.79 Å². The summed E-state index contributed by atoms with van der Waals surface area (Å²) in [7, 11) is 0. The summed E-state index contributed by atoms with van der Waals surface area (Å²) < 4.78 is 0. The molecule has 0 bridgehead atoms. The summed E-state index contributed by atoms with van der Waals surface area (Å²) >= 11 is 0. The first-order valence-corrected chi connectivity index (χ1v) is 7.53. The van der Waals surface area contributed by atoms with E-state index in [1.165, 1.54) is 38.5 Å². The fourth-order valence-corrected chi connectivity index (χ4v) is 2.63. The highest BCUT2D eigenvalue weighted by Gasteiger charge is 2.23. The van der Waals surface area contributed by atoms with Crippen LogP contribution in [0.4, 0.5) is 0 Å². The number of hydrogen-bond donors (Lipinski definition) is 0. The summed E-state index contributed by atoms with van der Waals surface area (Å²) in [6.45, 7) is 7.36. The van der Waals surface area contributed by atoms with E-state index in [-0.39, 0.29) is 0 Å². The van der Waals surface area contributed by atoms with E-state index in [0.29, 0.717) is 18.2 Å². The van der Waals surface area contributed by atoms with Gasteiger partial charge in [0.2, 0.25) is 0 Å². The second-order valence-electron chi connectivity index (χ2n) is 5.43. The van der Waals surface area contributed by atoms with Gasteiger partial charge < -0.3 is 0 Å². The summed E-state index contributed by atoms with van der Waals surface area (Å²) in [5.41, 5.74) is 0. The maximum absolute atomic E-state index is 12.1. The van der Waals surface area contributed by atoms with Crippen LogP contribution < -0.4 is 0 Å². The Morgan fingerprint density at radius 1 is 1.06 bits per heavy atom. The second kappa shape index (κ2) is 8.68. The SMILES string of the molecule is CCCCN(CCCC)CC(=O)C1CCCC1. The highest BCUT2D eigenvalue weighted by Crippen LogP contribution is 2.25. The molecule has 1 aliphatic carbocycles. The molecule has 100 valence electrons. The smallest absolute Gasteiger partial charge is 0.149 e. The van der Waals surface area contributed by atoms with Crippen molar-refractivity contribution in [2.24, 2.45) is 5.92 Å². The summed E-state index contributed by atoms with van der Waals surface area (Å²) in [5.74, 6) is 0.899. The molecular weight excluding hydrogens is 210 g/mol. The van der Waals surface area contributed by atoms with Crippen molar-refractivity contribution in [3.8, 4) is 0 Å². The molecule has 0 amide bonds. The molecule has 0 aliphatic heterocycles. The standard InChI is InChI=1S/C15H29NO/c1-3-5-11-16(12-6-4-2)13-15(17)14-9-7-8-10-14/h14H,3-13H2,1-2H3. The van der Waals surface area contributed by atoms with Gasteiger partial charge in [-0.05, 0) is 38.8 Å². The van der Waals surface area contributed by atoms with Crippen LogP contribution in [0.5, 0.6) is 0 Å². The van der Waals surface area contributed by atoms with Crippen molar-refractivity contribution in [3.63, 3.8) is 0 Å². The molecule has 2 nitrogen and oxygen atoms in total. The molecule has 17 heavy (non-hydrogen) atoms. The Hall–Kier alpha value is -0.370. The van der Waals surface area contributed by atoms with Gasteiger partial charge in [0, 0.05) is 5.92 Å². The van der Waals surface area contributed by atoms with Gasteiger partial charge in [0.15, 0.2) is 0 Å². The number of rotatable bonds is 9. The lowest BCUT2D eigenvalue weighted by atomic mass is 10.0. The fraction of sp³-hybridized carbons (Fsp3) is 0.933. The van der Waals surface area contributed by atoms with Crippen LogP contribution in [-0.2, 0) is 4.79 Å². The van der Waals surface area contributed by atoms with Gasteiger partial charge in [-0.1, -0.05) is 39.5 Å². The molecule has 0 spiro atoms. The summed E-state index contributed by atoms with van der Waals surface area (Å²) in [6, 6.07) is 0. The van der Waals surface area contributed by atoms with E-state index in [2.05, 4.69) is 18.7 Å². The molecule has 2 heteroatoms. The zero-order valence-corrected chi connectivity index (χ0v) is 11.7. The molecule has 0 radical (unpaired) electrons. The first-order valence-electron chi connectivity index (χ1n) is 7.53. The van der Waals surface area contributed by atoms with Crippen molar-refractivity contribution in [1.82, 2.24) is 4.90 Å². The number of hydrogen-bond acceptors (Lipinski definition) is 2. The van der Waals surface area contributed by atoms with E-state index in [1.807, 2.05) is 0 Å². The molecule has 0 atom stereocenters. The van der Waals surface area contributed by atoms with Gasteiger partial charge in [-0.3, -0.25) is 9.69 Å². The van der Waals surface area contributed by atoms with Crippen LogP contribution in [0.25, 0.3) is 0 Å². The van der Waals surface area contributed by atoms with Crippen LogP contribution in [0.15, 0.2) is 0 Å². The fourth-order valence-electron chi connectivity index (χ4n) is 2.63. The number of Topliss-reactive ketones (excluding diaryl/α,β-unsaturated/α-hetero) is 1. The highest BCUT2D eigenvalue weighted by atomic mass is 16.1. The van der Waals surface area contributed by atoms with E-state index >= 15 is 0 Å². The Labute approximate surface area is 107 Å². The predicted octanol–water partition coefficient (Wildman–Crippen LogP) is 3.65. The van der Waals surface area contributed by atoms with Crippen molar-refractivity contribution in [1.29, 1.82) is 0 Å². The van der Waals surface area contributed by atoms with Crippen LogP contribution in [-0.4, -0.2) is 30.3 Å². The Morgan fingerprint density at radius 2 is 1.59 bits per heavy atom. The summed E-state index contributed by atoms with van der Waals surface area (Å²) in [4.78, 5) is 14.5. The van der Waals surface area contributed by atoms with Crippen molar-refractivity contribution >= 4 is 5.78 Å². The Morgan fingerprint density at radius 3 is 2.06 bits per heavy atom. The van der Waals surface area contributed by atoms with Gasteiger partial charge in [0.1, 0.15) is 5.78 Å². The van der Waals surface area contributed by atoms with Crippen molar-refractivity contribution in [3.05, 3.63) is 0 Å². The van der Waals surface area contributed by atoms with Crippen molar-refractivity contribution in [2.45, 2.75) is 65.2 Å². The number of carbonyl (C=O) groups is 1. The maximum atomic E-state index is 12.1. The number of carbonyl (C=O) groups excluding carboxylic acids is 1. The minimum atomic E-state index is 0.390. The van der Waals surface area contributed by atoms with Crippen LogP contribution in [0.2, 0.25) is 0 Å². The number of nitrogens with zero attached hydrogens (tertiary/aromatic N) is 1. The van der Waals surface area contributed by atoms with E-state index in [1.54, 1.807) is 0 Å². The van der Waals surface area contributed by atoms with Crippen LogP contribution >= 0.6 is 0 Å². The molecule has 1 rings (SSSR count). The molecule has 1 saturated carbocycles. The minimum Gasteiger partial charge on any atom is -0.298 e. The number of ketones is 1. The van der Waals surface area contributed by atoms with Gasteiger partial charge in [0.05, 0.1) is 6.54 Å². The first-order chi connectivity index (χ1) is 8.27. The quantitative estimate of drug-likeness (QED) is 0.612. The van der Waals surface area contributed by atoms with E-state index < -0.39 is 0 Å². The van der Waals surface area contributed by atoms with Crippen LogP contribution in [0, 0.1) is 5.92 Å². The molecule has 0 heterocycles. The first kappa shape index (κ1) is 14.7. The monoisotopic (exact) mass is 239 g/mol. The van der Waals surface area contributed by atoms with Gasteiger partial charge in [-0.25, -0.2) is 0 Å². The predicted molar refractivity (Wildman–Crippen MR) is 73.2 cm³/mol. The molecule has 0 aromatic carbocycles. The molecule has 0 unspecified atom stereocenters. The molecule has 0 saturated heterocycles. The van der Waals surface area contributed by atoms with Gasteiger partial charge >= 0.3 is 0 Å². The van der Waals surface area contributed by atoms with Crippen LogP contribution in [0.3, 0.4) is 0 Å².